The summed E-state index contributed by atoms with van der Waals surface area (Å²) < 4.78 is 14.6. The zero-order valence-corrected chi connectivity index (χ0v) is 14.7. The maximum atomic E-state index is 13.2. The maximum Gasteiger partial charge on any atom is 0.123 e. The fraction of sp³-hybridized carbons (Fsp3) is 0.300. The summed E-state index contributed by atoms with van der Waals surface area (Å²) in [6.45, 7) is 3.26. The summed E-state index contributed by atoms with van der Waals surface area (Å²) in [6, 6.07) is 15.5. The van der Waals surface area contributed by atoms with Crippen molar-refractivity contribution >= 4 is 21.4 Å². The van der Waals surface area contributed by atoms with E-state index in [0.29, 0.717) is 0 Å². The Labute approximate surface area is 141 Å². The van der Waals surface area contributed by atoms with E-state index >= 15 is 0 Å². The Hall–Kier alpha value is -1.71. The molecule has 0 aliphatic heterocycles. The Bertz CT molecular complexity index is 789. The van der Waals surface area contributed by atoms with E-state index in [-0.39, 0.29) is 11.7 Å². The quantitative estimate of drug-likeness (QED) is 0.615. The number of hydrogen-bond acceptors (Lipinski definition) is 2. The van der Waals surface area contributed by atoms with Crippen LogP contribution in [0.2, 0.25) is 0 Å². The molecule has 1 nitrogen and oxygen atoms in total. The highest BCUT2D eigenvalue weighted by Gasteiger charge is 2.19. The molecule has 2 aromatic carbocycles. The average molecular weight is 327 g/mol. The fourth-order valence-corrected chi connectivity index (χ4v) is 4.31. The maximum absolute atomic E-state index is 13.2. The van der Waals surface area contributed by atoms with E-state index < -0.39 is 0 Å². The van der Waals surface area contributed by atoms with Crippen LogP contribution in [0.15, 0.2) is 48.5 Å². The van der Waals surface area contributed by atoms with Gasteiger partial charge >= 0.3 is 0 Å². The number of benzene rings is 2. The largest absolute Gasteiger partial charge is 0.309 e. The molecule has 0 saturated carbocycles. The first-order chi connectivity index (χ1) is 11.1. The Morgan fingerprint density at radius 1 is 1.04 bits per heavy atom. The van der Waals surface area contributed by atoms with Gasteiger partial charge in [0.15, 0.2) is 0 Å². The van der Waals surface area contributed by atoms with Crippen molar-refractivity contribution in [1.29, 1.82) is 0 Å². The lowest BCUT2D eigenvalue weighted by Gasteiger charge is -2.16. The van der Waals surface area contributed by atoms with Crippen LogP contribution in [0.3, 0.4) is 0 Å². The Morgan fingerprint density at radius 2 is 1.74 bits per heavy atom. The van der Waals surface area contributed by atoms with E-state index in [1.807, 2.05) is 23.5 Å². The second-order valence-corrected chi connectivity index (χ2v) is 7.40. The molecule has 3 aromatic rings. The van der Waals surface area contributed by atoms with Crippen LogP contribution in [0.25, 0.3) is 10.1 Å². The zero-order valence-electron chi connectivity index (χ0n) is 13.8. The highest BCUT2D eigenvalue weighted by Crippen LogP contribution is 2.39. The molecule has 1 heterocycles. The molecule has 3 rings (SSSR count). The highest BCUT2D eigenvalue weighted by molar-refractivity contribution is 7.19. The number of nitrogens with zero attached hydrogens (tertiary/aromatic N) is 1. The molecular formula is C20H22FNS. The molecule has 3 heteroatoms. The van der Waals surface area contributed by atoms with Crippen molar-refractivity contribution in [2.45, 2.75) is 19.3 Å². The minimum Gasteiger partial charge on any atom is -0.309 e. The molecular weight excluding hydrogens is 305 g/mol. The molecule has 0 spiro atoms. The Kier molecular flexibility index (Phi) is 4.79. The van der Waals surface area contributed by atoms with Gasteiger partial charge in [-0.05, 0) is 55.2 Å². The number of likely N-dealkylation sites (N-methyl/N-ethyl adjacent to an activating group) is 1. The second-order valence-electron chi connectivity index (χ2n) is 6.26. The Balaban J connectivity index is 2.06. The van der Waals surface area contributed by atoms with Gasteiger partial charge < -0.3 is 4.90 Å². The topological polar surface area (TPSA) is 3.24 Å². The summed E-state index contributed by atoms with van der Waals surface area (Å²) in [5.74, 6) is 0.0906. The van der Waals surface area contributed by atoms with Gasteiger partial charge in [0.25, 0.3) is 0 Å². The van der Waals surface area contributed by atoms with Crippen molar-refractivity contribution in [2.75, 3.05) is 20.6 Å². The average Bonchev–Trinajstić information content (AvgIpc) is 2.91. The molecule has 0 unspecified atom stereocenters. The van der Waals surface area contributed by atoms with Gasteiger partial charge in [-0.2, -0.15) is 0 Å². The molecule has 0 N–H and O–H groups in total. The fourth-order valence-electron chi connectivity index (χ4n) is 3.02. The zero-order chi connectivity index (χ0) is 16.4. The van der Waals surface area contributed by atoms with Crippen molar-refractivity contribution in [2.24, 2.45) is 0 Å². The number of halogens is 1. The van der Waals surface area contributed by atoms with E-state index in [1.54, 1.807) is 12.1 Å². The van der Waals surface area contributed by atoms with Gasteiger partial charge in [0.2, 0.25) is 0 Å². The molecule has 0 aliphatic rings. The Morgan fingerprint density at radius 3 is 2.43 bits per heavy atom. The lowest BCUT2D eigenvalue weighted by molar-refractivity contribution is 0.414. The minimum absolute atomic E-state index is 0.177. The smallest absolute Gasteiger partial charge is 0.123 e. The number of fused-ring (bicyclic) bond motifs is 1. The van der Waals surface area contributed by atoms with Gasteiger partial charge in [-0.25, -0.2) is 4.39 Å². The third kappa shape index (κ3) is 3.46. The van der Waals surface area contributed by atoms with Gasteiger partial charge in [0.05, 0.1) is 0 Å². The van der Waals surface area contributed by atoms with E-state index in [4.69, 9.17) is 0 Å². The van der Waals surface area contributed by atoms with Crippen LogP contribution >= 0.6 is 11.3 Å². The van der Waals surface area contributed by atoms with Gasteiger partial charge in [0, 0.05) is 22.0 Å². The van der Waals surface area contributed by atoms with Gasteiger partial charge in [-0.15, -0.1) is 11.3 Å². The standard InChI is InChI=1S/C20H22FNS/c1-14(15-8-10-16(21)11-9-15)20-17-6-4-5-7-18(17)23-19(20)12-13-22(2)3/h4-11,14H,12-13H2,1-3H3/t14-/m1/s1. The molecule has 1 atom stereocenters. The number of hydrogen-bond donors (Lipinski definition) is 0. The van der Waals surface area contributed by atoms with Crippen LogP contribution in [0.4, 0.5) is 4.39 Å². The first kappa shape index (κ1) is 16.2. The molecule has 0 radical (unpaired) electrons. The molecule has 0 amide bonds. The van der Waals surface area contributed by atoms with Gasteiger partial charge in [-0.3, -0.25) is 0 Å². The molecule has 1 aromatic heterocycles. The molecule has 0 bridgehead atoms. The van der Waals surface area contributed by atoms with Crippen LogP contribution < -0.4 is 0 Å². The van der Waals surface area contributed by atoms with Crippen molar-refractivity contribution < 1.29 is 4.39 Å². The molecule has 23 heavy (non-hydrogen) atoms. The van der Waals surface area contributed by atoms with Crippen molar-refractivity contribution in [3.8, 4) is 0 Å². The van der Waals surface area contributed by atoms with E-state index in [0.717, 1.165) is 13.0 Å². The highest BCUT2D eigenvalue weighted by atomic mass is 32.1. The normalized spacial score (nSPS) is 12.9. The SMILES string of the molecule is C[C@H](c1ccc(F)cc1)c1c(CCN(C)C)sc2ccccc12. The summed E-state index contributed by atoms with van der Waals surface area (Å²) in [5.41, 5.74) is 2.57. The van der Waals surface area contributed by atoms with E-state index in [1.165, 1.54) is 26.1 Å². The van der Waals surface area contributed by atoms with Crippen molar-refractivity contribution in [1.82, 2.24) is 4.90 Å². The summed E-state index contributed by atoms with van der Waals surface area (Å²) in [4.78, 5) is 3.66. The number of rotatable bonds is 5. The minimum atomic E-state index is -0.177. The first-order valence-corrected chi connectivity index (χ1v) is 8.78. The van der Waals surface area contributed by atoms with E-state index in [2.05, 4.69) is 50.2 Å². The summed E-state index contributed by atoms with van der Waals surface area (Å²) in [5, 5.41) is 1.34. The summed E-state index contributed by atoms with van der Waals surface area (Å²) >= 11 is 1.89. The molecule has 120 valence electrons. The summed E-state index contributed by atoms with van der Waals surface area (Å²) in [6.07, 6.45) is 1.05. The summed E-state index contributed by atoms with van der Waals surface area (Å²) in [7, 11) is 4.22. The molecule has 0 aliphatic carbocycles. The third-order valence-corrected chi connectivity index (χ3v) is 5.55. The third-order valence-electron chi connectivity index (χ3n) is 4.30. The lowest BCUT2D eigenvalue weighted by atomic mass is 9.90. The second kappa shape index (κ2) is 6.81. The van der Waals surface area contributed by atoms with Crippen LogP contribution in [-0.2, 0) is 6.42 Å². The first-order valence-electron chi connectivity index (χ1n) is 7.96. The van der Waals surface area contributed by atoms with Crippen molar-refractivity contribution in [3.63, 3.8) is 0 Å². The van der Waals surface area contributed by atoms with Crippen LogP contribution in [0.1, 0.15) is 28.8 Å². The predicted octanol–water partition coefficient (Wildman–Crippen LogP) is 5.30. The van der Waals surface area contributed by atoms with Crippen LogP contribution in [0, 0.1) is 5.82 Å². The van der Waals surface area contributed by atoms with Gasteiger partial charge in [0.1, 0.15) is 5.82 Å². The van der Waals surface area contributed by atoms with Crippen molar-refractivity contribution in [3.05, 3.63) is 70.4 Å². The lowest BCUT2D eigenvalue weighted by Crippen LogP contribution is -2.15. The number of thiophene rings is 1. The van der Waals surface area contributed by atoms with Crippen LogP contribution in [-0.4, -0.2) is 25.5 Å². The van der Waals surface area contributed by atoms with E-state index in [9.17, 15) is 4.39 Å². The molecule has 0 saturated heterocycles. The molecule has 0 fully saturated rings. The predicted molar refractivity (Wildman–Crippen MR) is 98.0 cm³/mol. The van der Waals surface area contributed by atoms with Crippen LogP contribution in [0.5, 0.6) is 0 Å². The monoisotopic (exact) mass is 327 g/mol. The van der Waals surface area contributed by atoms with Gasteiger partial charge in [-0.1, -0.05) is 37.3 Å².